The third-order valence-electron chi connectivity index (χ3n) is 11.5. The number of amides is 6. The molecule has 0 spiro atoms. The predicted octanol–water partition coefficient (Wildman–Crippen LogP) is 5.29. The molecule has 0 unspecified atom stereocenters. The van der Waals surface area contributed by atoms with Crippen molar-refractivity contribution >= 4 is 185 Å². The normalized spacial score (nSPS) is 11.7. The van der Waals surface area contributed by atoms with Crippen molar-refractivity contribution in [2.24, 2.45) is 14.1 Å². The molecule has 2 heterocycles. The SMILES string of the molecule is Cn1cc(NC(=O)c2ccc(F)c(NC(=O)Nc3cc(C(=O)Nc4cc(C(=O)Nc5ccc6c(S(=O)(=O)O)cccc6c5S(=O)(=O)O)n(C)c4)ccc3F)c2)cc1C(=O)Nc1ccc2c(S(=O)(=O)O)cccc2c1S(=O)(=O)O.[NaH].[NaH]. The molecule has 0 aliphatic heterocycles. The topological polar surface area (TPSA) is 385 Å². The number of hydrogen-bond acceptors (Lipinski definition) is 13. The molecule has 0 saturated carbocycles. The van der Waals surface area contributed by atoms with Gasteiger partial charge in [0.05, 0.1) is 34.1 Å². The molecule has 0 fully saturated rings. The summed E-state index contributed by atoms with van der Waals surface area (Å²) in [7, 11) is -17.3. The average Bonchev–Trinajstić information content (AvgIpc) is 4.07. The Balaban J connectivity index is 0.00000516. The Kier molecular flexibility index (Phi) is 18.4. The molecule has 10 N–H and O–H groups in total. The molecule has 33 heteroatoms. The minimum absolute atomic E-state index is 0. The van der Waals surface area contributed by atoms with Gasteiger partial charge in [0.15, 0.2) is 0 Å². The van der Waals surface area contributed by atoms with E-state index in [2.05, 4.69) is 31.9 Å². The Labute approximate surface area is 495 Å². The minimum atomic E-state index is -5.15. The van der Waals surface area contributed by atoms with Crippen LogP contribution in [0.3, 0.4) is 0 Å². The van der Waals surface area contributed by atoms with Gasteiger partial charge < -0.3 is 41.0 Å². The summed E-state index contributed by atoms with van der Waals surface area (Å²) in [5.74, 6) is -5.87. The average molecular weight is 1200 g/mol. The fourth-order valence-corrected chi connectivity index (χ4v) is 11.2. The van der Waals surface area contributed by atoms with Gasteiger partial charge in [0, 0.05) is 59.2 Å². The first kappa shape index (κ1) is 62.3. The number of nitrogens with one attached hydrogen (secondary N) is 6. The van der Waals surface area contributed by atoms with Crippen LogP contribution in [0, 0.1) is 11.6 Å². The van der Waals surface area contributed by atoms with E-state index in [1.807, 2.05) is 0 Å². The van der Waals surface area contributed by atoms with Crippen molar-refractivity contribution in [1.29, 1.82) is 0 Å². The molecule has 8 aromatic rings. The van der Waals surface area contributed by atoms with Gasteiger partial charge >= 0.3 is 65.1 Å². The second-order valence-electron chi connectivity index (χ2n) is 16.7. The molecule has 6 amide bonds. The van der Waals surface area contributed by atoms with Gasteiger partial charge in [0.25, 0.3) is 64.1 Å². The summed E-state index contributed by atoms with van der Waals surface area (Å²) in [6, 6.07) is 17.2. The van der Waals surface area contributed by atoms with Gasteiger partial charge in [-0.05, 0) is 72.8 Å². The van der Waals surface area contributed by atoms with Crippen molar-refractivity contribution in [2.45, 2.75) is 19.6 Å². The van der Waals surface area contributed by atoms with E-state index < -0.39 is 124 Å². The third kappa shape index (κ3) is 13.4. The summed E-state index contributed by atoms with van der Waals surface area (Å²) in [5, 5.41) is 12.5. The number of fused-ring (bicyclic) bond motifs is 2. The quantitative estimate of drug-likeness (QED) is 0.0488. The zero-order valence-corrected chi connectivity index (χ0v) is 42.7. The third-order valence-corrected chi connectivity index (χ3v) is 15.2. The van der Waals surface area contributed by atoms with E-state index in [0.717, 1.165) is 109 Å². The first-order valence-electron chi connectivity index (χ1n) is 21.7. The molecule has 408 valence electrons. The van der Waals surface area contributed by atoms with Gasteiger partial charge in [0.1, 0.15) is 42.6 Å². The Hall–Kier alpha value is -6.95. The molecule has 25 nitrogen and oxygen atoms in total. The van der Waals surface area contributed by atoms with E-state index in [9.17, 15) is 75.9 Å². The number of halogens is 2. The van der Waals surface area contributed by atoms with Gasteiger partial charge in [-0.15, -0.1) is 0 Å². The summed E-state index contributed by atoms with van der Waals surface area (Å²) < 4.78 is 170. The number of carbonyl (C=O) groups excluding carboxylic acids is 5. The van der Waals surface area contributed by atoms with Crippen molar-refractivity contribution in [1.82, 2.24) is 9.13 Å². The van der Waals surface area contributed by atoms with Crippen LogP contribution in [0.4, 0.5) is 47.7 Å². The second kappa shape index (κ2) is 23.6. The molecule has 8 rings (SSSR count). The molecule has 0 radical (unpaired) electrons. The van der Waals surface area contributed by atoms with Gasteiger partial charge in [0.2, 0.25) is 0 Å². The van der Waals surface area contributed by atoms with E-state index in [4.69, 9.17) is 0 Å². The summed E-state index contributed by atoms with van der Waals surface area (Å²) >= 11 is 0. The van der Waals surface area contributed by atoms with E-state index in [0.29, 0.717) is 0 Å². The van der Waals surface area contributed by atoms with E-state index in [-0.39, 0.29) is 115 Å². The standard InChI is InChI=1S/C47H36F2N8O17S4.2Na.2H/c1-56-21-25(19-37(56)45(60)52-33-15-11-27-29(41(33)77(69,70)71)5-3-7-39(27)75(63,64)65)50-43(58)23-9-13-31(48)35(17-23)54-47(62)55-36-18-24(10-14-32(36)49)44(59)51-26-20-38(57(2)22-26)46(61)53-34-16-12-28-30(42(34)78(72,73)74)6-4-8-40(28)76(66,67)68;;;;/h3-22H,1-2H3,(H,50,58)(H,51,59)(H,52,60)(H,53,61)(H2,54,55,62)(H,63,64,65)(H,66,67,68)(H,69,70,71)(H,72,73,74);;;;. The van der Waals surface area contributed by atoms with Crippen molar-refractivity contribution in [3.8, 4) is 0 Å². The first-order chi connectivity index (χ1) is 36.4. The molecule has 0 atom stereocenters. The molecule has 0 saturated heterocycles. The Morgan fingerprint density at radius 2 is 0.775 bits per heavy atom. The Bertz CT molecular complexity index is 4130. The summed E-state index contributed by atoms with van der Waals surface area (Å²) in [4.78, 5) is 63.5. The van der Waals surface area contributed by atoms with Crippen molar-refractivity contribution in [3.63, 3.8) is 0 Å². The molecule has 80 heavy (non-hydrogen) atoms. The number of rotatable bonds is 14. The van der Waals surface area contributed by atoms with E-state index in [1.165, 1.54) is 35.6 Å². The number of nitrogens with zero attached hydrogens (tertiary/aromatic N) is 2. The van der Waals surface area contributed by atoms with Crippen molar-refractivity contribution < 1.29 is 84.6 Å². The zero-order chi connectivity index (χ0) is 57.0. The molecule has 2 aromatic heterocycles. The predicted molar refractivity (Wildman–Crippen MR) is 290 cm³/mol. The molecule has 6 aromatic carbocycles. The zero-order valence-electron chi connectivity index (χ0n) is 39.4. The van der Waals surface area contributed by atoms with Gasteiger partial charge in [-0.25, -0.2) is 13.6 Å². The van der Waals surface area contributed by atoms with Crippen LogP contribution in [0.15, 0.2) is 141 Å². The summed E-state index contributed by atoms with van der Waals surface area (Å²) in [5.41, 5.74) is -3.06. The maximum absolute atomic E-state index is 15.0. The first-order valence-corrected chi connectivity index (χ1v) is 27.4. The van der Waals surface area contributed by atoms with Crippen LogP contribution in [-0.2, 0) is 54.6 Å². The van der Waals surface area contributed by atoms with Crippen LogP contribution in [0.5, 0.6) is 0 Å². The van der Waals surface area contributed by atoms with E-state index in [1.54, 1.807) is 0 Å². The van der Waals surface area contributed by atoms with Crippen LogP contribution in [0.1, 0.15) is 41.7 Å². The molecule has 0 aliphatic rings. The molecule has 0 bridgehead atoms. The summed E-state index contributed by atoms with van der Waals surface area (Å²) in [6.45, 7) is 0. The molecular formula is C47H38F2N8Na2O17S4. The fourth-order valence-electron chi connectivity index (χ4n) is 8.10. The molecular weight excluding hydrogens is 1160 g/mol. The Morgan fingerprint density at radius 1 is 0.412 bits per heavy atom. The number of hydrogen-bond donors (Lipinski definition) is 10. The van der Waals surface area contributed by atoms with Crippen LogP contribution < -0.4 is 31.9 Å². The van der Waals surface area contributed by atoms with Crippen molar-refractivity contribution in [3.05, 3.63) is 156 Å². The number of urea groups is 1. The van der Waals surface area contributed by atoms with Crippen LogP contribution >= 0.6 is 0 Å². The van der Waals surface area contributed by atoms with Gasteiger partial charge in [-0.3, -0.25) is 37.4 Å². The van der Waals surface area contributed by atoms with Crippen LogP contribution in [-0.4, -0.2) is 150 Å². The number of anilines is 6. The van der Waals surface area contributed by atoms with Gasteiger partial charge in [-0.1, -0.05) is 36.4 Å². The number of benzene rings is 6. The van der Waals surface area contributed by atoms with Gasteiger partial charge in [-0.2, -0.15) is 33.7 Å². The van der Waals surface area contributed by atoms with Crippen LogP contribution in [0.2, 0.25) is 0 Å². The monoisotopic (exact) mass is 1200 g/mol. The molecule has 0 aliphatic carbocycles. The maximum atomic E-state index is 15.0. The van der Waals surface area contributed by atoms with Crippen molar-refractivity contribution in [2.75, 3.05) is 31.9 Å². The van der Waals surface area contributed by atoms with E-state index >= 15 is 8.78 Å². The number of aryl methyl sites for hydroxylation is 2. The summed E-state index contributed by atoms with van der Waals surface area (Å²) in [6.07, 6.45) is 2.53. The Morgan fingerprint density at radius 3 is 1.11 bits per heavy atom. The fraction of sp³-hybridized carbons (Fsp3) is 0.0426. The number of carbonyl (C=O) groups is 5. The van der Waals surface area contributed by atoms with Crippen LogP contribution in [0.25, 0.3) is 21.5 Å². The second-order valence-corrected chi connectivity index (χ2v) is 22.2. The number of aromatic nitrogens is 2.